The van der Waals surface area contributed by atoms with E-state index >= 15 is 0 Å². The molecule has 0 aromatic rings. The largest absolute Gasteiger partial charge is 0.598 e. The summed E-state index contributed by atoms with van der Waals surface area (Å²) < 4.78 is 26.7. The summed E-state index contributed by atoms with van der Waals surface area (Å²) >= 11 is -1.08. The van der Waals surface area contributed by atoms with Crippen LogP contribution < -0.4 is 10.5 Å². The third-order valence-electron chi connectivity index (χ3n) is 6.34. The Morgan fingerprint density at radius 2 is 1.68 bits per heavy atom. The summed E-state index contributed by atoms with van der Waals surface area (Å²) in [6.45, 7) is 15.7. The maximum absolute atomic E-state index is 12.9. The molecule has 2 heterocycles. The number of hydrogen-bond acceptors (Lipinski definition) is 5. The van der Waals surface area contributed by atoms with Crippen LogP contribution in [-0.2, 0) is 20.8 Å². The van der Waals surface area contributed by atoms with Crippen LogP contribution in [0.2, 0.25) is 0 Å². The number of hydrogen-bond donors (Lipinski definition) is 2. The molecule has 2 unspecified atom stereocenters. The Bertz CT molecular complexity index is 436. The Balaban J connectivity index is 1.79. The molecule has 0 aromatic carbocycles. The van der Waals surface area contributed by atoms with Crippen LogP contribution in [0.1, 0.15) is 60.8 Å². The number of nitrogens with one attached hydrogen (secondary N) is 1. The van der Waals surface area contributed by atoms with E-state index in [2.05, 4.69) is 46.3 Å². The molecule has 0 amide bonds. The number of rotatable bonds is 10. The topological polar surface area (TPSA) is 79.6 Å². The van der Waals surface area contributed by atoms with Crippen molar-refractivity contribution in [3.05, 3.63) is 0 Å². The van der Waals surface area contributed by atoms with Gasteiger partial charge in [0.25, 0.3) is 0 Å². The maximum atomic E-state index is 12.9. The van der Waals surface area contributed by atoms with Crippen LogP contribution in [0.25, 0.3) is 0 Å². The Morgan fingerprint density at radius 3 is 2.08 bits per heavy atom. The first-order valence-electron chi connectivity index (χ1n) is 9.65. The summed E-state index contributed by atoms with van der Waals surface area (Å²) in [5.74, 6) is 1.43. The second kappa shape index (κ2) is 8.03. The zero-order valence-electron chi connectivity index (χ0n) is 16.9. The Morgan fingerprint density at radius 1 is 1.12 bits per heavy atom. The lowest BCUT2D eigenvalue weighted by atomic mass is 9.78. The molecule has 5 nitrogen and oxygen atoms in total. The van der Waals surface area contributed by atoms with Gasteiger partial charge in [-0.3, -0.25) is 0 Å². The second-order valence-corrected chi connectivity index (χ2v) is 11.3. The first-order valence-corrected chi connectivity index (χ1v) is 10.8. The zero-order chi connectivity index (χ0) is 18.9. The molecule has 25 heavy (non-hydrogen) atoms. The Labute approximate surface area is 157 Å². The minimum atomic E-state index is -1.08. The minimum absolute atomic E-state index is 0.127. The quantitative estimate of drug-likeness (QED) is 0.575. The van der Waals surface area contributed by atoms with Crippen LogP contribution in [0, 0.1) is 17.8 Å². The van der Waals surface area contributed by atoms with Crippen molar-refractivity contribution < 1.29 is 14.0 Å². The summed E-state index contributed by atoms with van der Waals surface area (Å²) in [5.41, 5.74) is 6.09. The highest BCUT2D eigenvalue weighted by atomic mass is 32.2. The third-order valence-corrected chi connectivity index (χ3v) is 8.14. The monoisotopic (exact) mass is 374 g/mol. The van der Waals surface area contributed by atoms with Gasteiger partial charge in [-0.2, -0.15) is 0 Å². The lowest BCUT2D eigenvalue weighted by molar-refractivity contribution is -0.0857. The fourth-order valence-corrected chi connectivity index (χ4v) is 4.72. The summed E-state index contributed by atoms with van der Waals surface area (Å²) in [6, 6.07) is 0. The van der Waals surface area contributed by atoms with Crippen LogP contribution in [0.5, 0.6) is 0 Å². The fraction of sp³-hybridized carbons (Fsp3) is 1.00. The zero-order valence-corrected chi connectivity index (χ0v) is 17.7. The molecular weight excluding hydrogens is 336 g/mol. The predicted octanol–water partition coefficient (Wildman–Crippen LogP) is 2.61. The van der Waals surface area contributed by atoms with Gasteiger partial charge in [0, 0.05) is 11.4 Å². The predicted molar refractivity (Wildman–Crippen MR) is 104 cm³/mol. The average Bonchev–Trinajstić information content (AvgIpc) is 2.45. The SMILES string of the molecule is CC(C[C@H](C)CCC(C)(C)[S+]([O-])NC1(C(C)C)COC1)C1(N)COC1. The van der Waals surface area contributed by atoms with E-state index in [1.165, 1.54) is 0 Å². The summed E-state index contributed by atoms with van der Waals surface area (Å²) in [6.07, 6.45) is 3.09. The first-order chi connectivity index (χ1) is 11.5. The summed E-state index contributed by atoms with van der Waals surface area (Å²) in [4.78, 5) is 0. The summed E-state index contributed by atoms with van der Waals surface area (Å²) in [5, 5.41) is 0. The van der Waals surface area contributed by atoms with Crippen LogP contribution in [0.3, 0.4) is 0 Å². The standard InChI is InChI=1S/C19H38N2O3S/c1-14(2)19(12-24-13-19)21-25(22)17(5,6)8-7-15(3)9-16(4)18(20)10-23-11-18/h14-16,21H,7-13,20H2,1-6H3/t15-,16?,25?/m1/s1. The molecule has 0 aliphatic carbocycles. The minimum Gasteiger partial charge on any atom is -0.598 e. The lowest BCUT2D eigenvalue weighted by Gasteiger charge is -2.46. The second-order valence-electron chi connectivity index (χ2n) is 9.44. The lowest BCUT2D eigenvalue weighted by Crippen LogP contribution is -2.67. The molecule has 2 saturated heterocycles. The molecule has 2 aliphatic rings. The fourth-order valence-electron chi connectivity index (χ4n) is 3.42. The van der Waals surface area contributed by atoms with E-state index in [9.17, 15) is 4.55 Å². The molecule has 0 spiro atoms. The van der Waals surface area contributed by atoms with Gasteiger partial charge in [0.1, 0.15) is 10.3 Å². The van der Waals surface area contributed by atoms with E-state index in [0.717, 1.165) is 19.3 Å². The smallest absolute Gasteiger partial charge is 0.139 e. The average molecular weight is 375 g/mol. The normalized spacial score (nSPS) is 25.8. The van der Waals surface area contributed by atoms with Crippen LogP contribution in [-0.4, -0.2) is 46.8 Å². The van der Waals surface area contributed by atoms with Gasteiger partial charge < -0.3 is 19.8 Å². The van der Waals surface area contributed by atoms with Crippen molar-refractivity contribution >= 4 is 11.4 Å². The Hall–Kier alpha value is 0.150. The highest BCUT2D eigenvalue weighted by molar-refractivity contribution is 7.90. The number of nitrogens with two attached hydrogens (primary N) is 1. The van der Waals surface area contributed by atoms with Crippen molar-refractivity contribution in [3.8, 4) is 0 Å². The van der Waals surface area contributed by atoms with Crippen molar-refractivity contribution in [2.24, 2.45) is 23.5 Å². The van der Waals surface area contributed by atoms with Crippen molar-refractivity contribution in [1.29, 1.82) is 0 Å². The van der Waals surface area contributed by atoms with Gasteiger partial charge in [0.05, 0.1) is 32.0 Å². The molecule has 0 radical (unpaired) electrons. The van der Waals surface area contributed by atoms with E-state index in [1.54, 1.807) is 0 Å². The van der Waals surface area contributed by atoms with Crippen molar-refractivity contribution in [2.75, 3.05) is 26.4 Å². The van der Waals surface area contributed by atoms with Gasteiger partial charge in [-0.25, -0.2) is 0 Å². The first kappa shape index (κ1) is 21.5. The molecule has 0 aromatic heterocycles. The molecule has 2 fully saturated rings. The van der Waals surface area contributed by atoms with E-state index in [-0.39, 0.29) is 15.8 Å². The molecule has 2 aliphatic heterocycles. The molecule has 148 valence electrons. The van der Waals surface area contributed by atoms with Crippen LogP contribution in [0.4, 0.5) is 0 Å². The van der Waals surface area contributed by atoms with E-state index in [1.807, 2.05) is 0 Å². The molecule has 3 N–H and O–H groups in total. The molecule has 6 heteroatoms. The van der Waals surface area contributed by atoms with Gasteiger partial charge in [-0.1, -0.05) is 27.7 Å². The van der Waals surface area contributed by atoms with Crippen LogP contribution in [0.15, 0.2) is 0 Å². The maximum Gasteiger partial charge on any atom is 0.139 e. The van der Waals surface area contributed by atoms with E-state index in [0.29, 0.717) is 44.2 Å². The van der Waals surface area contributed by atoms with Gasteiger partial charge in [0.2, 0.25) is 0 Å². The highest BCUT2D eigenvalue weighted by Gasteiger charge is 2.48. The molecular formula is C19H38N2O3S. The Kier molecular flexibility index (Phi) is 6.89. The van der Waals surface area contributed by atoms with Gasteiger partial charge >= 0.3 is 0 Å². The molecule has 0 bridgehead atoms. The molecule has 0 saturated carbocycles. The van der Waals surface area contributed by atoms with Gasteiger partial charge in [-0.05, 0) is 50.9 Å². The van der Waals surface area contributed by atoms with E-state index in [4.69, 9.17) is 15.2 Å². The van der Waals surface area contributed by atoms with Crippen molar-refractivity contribution in [3.63, 3.8) is 0 Å². The molecule has 3 atom stereocenters. The van der Waals surface area contributed by atoms with E-state index < -0.39 is 11.4 Å². The van der Waals surface area contributed by atoms with Crippen LogP contribution >= 0.6 is 0 Å². The summed E-state index contributed by atoms with van der Waals surface area (Å²) in [7, 11) is 0. The number of ether oxygens (including phenoxy) is 2. The van der Waals surface area contributed by atoms with Gasteiger partial charge in [0.15, 0.2) is 0 Å². The molecule has 2 rings (SSSR count). The van der Waals surface area contributed by atoms with Crippen molar-refractivity contribution in [2.45, 2.75) is 76.6 Å². The highest BCUT2D eigenvalue weighted by Crippen LogP contribution is 2.34. The third kappa shape index (κ3) is 4.90. The van der Waals surface area contributed by atoms with Gasteiger partial charge in [-0.15, -0.1) is 4.72 Å². The van der Waals surface area contributed by atoms with Crippen molar-refractivity contribution in [1.82, 2.24) is 4.72 Å².